The predicted octanol–water partition coefficient (Wildman–Crippen LogP) is 2.38. The van der Waals surface area contributed by atoms with Gasteiger partial charge in [0.15, 0.2) is 5.82 Å². The standard InChI is InChI=1S/C23H36N6O3/c1-17(2)19(16-24)28-12-14-29(15-13-28)21(31)9-8-20-25-22(27-32-20)23(26-18(3)30)10-6-4-5-7-11-23/h17,19H,4-15H2,1-3H3,(H,26,30). The van der Waals surface area contributed by atoms with Crippen molar-refractivity contribution in [3.05, 3.63) is 11.7 Å². The van der Waals surface area contributed by atoms with E-state index >= 15 is 0 Å². The number of nitrogens with zero attached hydrogens (tertiary/aromatic N) is 5. The van der Waals surface area contributed by atoms with E-state index in [-0.39, 0.29) is 23.8 Å². The minimum atomic E-state index is -0.571. The van der Waals surface area contributed by atoms with E-state index in [1.165, 1.54) is 6.92 Å². The van der Waals surface area contributed by atoms with Gasteiger partial charge in [-0.25, -0.2) is 0 Å². The van der Waals surface area contributed by atoms with Crippen molar-refractivity contribution >= 4 is 11.8 Å². The largest absolute Gasteiger partial charge is 0.343 e. The quantitative estimate of drug-likeness (QED) is 0.642. The summed E-state index contributed by atoms with van der Waals surface area (Å²) in [6.45, 7) is 8.31. The number of nitrogens with one attached hydrogen (secondary N) is 1. The Bertz CT molecular complexity index is 814. The van der Waals surface area contributed by atoms with E-state index in [0.29, 0.717) is 50.7 Å². The Hall–Kier alpha value is -2.47. The van der Waals surface area contributed by atoms with Crippen LogP contribution < -0.4 is 5.32 Å². The summed E-state index contributed by atoms with van der Waals surface area (Å²) in [5.41, 5.74) is -0.571. The smallest absolute Gasteiger partial charge is 0.227 e. The molecule has 9 nitrogen and oxygen atoms in total. The predicted molar refractivity (Wildman–Crippen MR) is 118 cm³/mol. The van der Waals surface area contributed by atoms with Gasteiger partial charge in [0.25, 0.3) is 0 Å². The zero-order valence-corrected chi connectivity index (χ0v) is 19.6. The van der Waals surface area contributed by atoms with Crippen LogP contribution in [-0.2, 0) is 21.5 Å². The van der Waals surface area contributed by atoms with Crippen molar-refractivity contribution in [1.82, 2.24) is 25.3 Å². The summed E-state index contributed by atoms with van der Waals surface area (Å²) in [5, 5.41) is 16.7. The number of hydrogen-bond acceptors (Lipinski definition) is 7. The van der Waals surface area contributed by atoms with Gasteiger partial charge in [-0.15, -0.1) is 0 Å². The molecule has 1 aromatic heterocycles. The number of carbonyl (C=O) groups is 2. The van der Waals surface area contributed by atoms with Gasteiger partial charge in [-0.1, -0.05) is 44.7 Å². The molecule has 2 fully saturated rings. The molecule has 0 bridgehead atoms. The van der Waals surface area contributed by atoms with E-state index in [1.807, 2.05) is 4.90 Å². The summed E-state index contributed by atoms with van der Waals surface area (Å²) in [4.78, 5) is 33.2. The Morgan fingerprint density at radius 2 is 1.81 bits per heavy atom. The molecule has 176 valence electrons. The molecular formula is C23H36N6O3. The second-order valence-corrected chi connectivity index (χ2v) is 9.42. The van der Waals surface area contributed by atoms with Crippen LogP contribution in [0.4, 0.5) is 0 Å². The highest BCUT2D eigenvalue weighted by molar-refractivity contribution is 5.76. The fourth-order valence-electron chi connectivity index (χ4n) is 4.90. The molecule has 1 aliphatic carbocycles. The molecule has 1 saturated heterocycles. The first-order valence-corrected chi connectivity index (χ1v) is 11.9. The van der Waals surface area contributed by atoms with Gasteiger partial charge in [0.05, 0.1) is 6.07 Å². The molecule has 1 aliphatic heterocycles. The molecule has 3 rings (SSSR count). The molecule has 32 heavy (non-hydrogen) atoms. The van der Waals surface area contributed by atoms with Crippen molar-refractivity contribution in [1.29, 1.82) is 5.26 Å². The van der Waals surface area contributed by atoms with E-state index in [1.54, 1.807) is 0 Å². The van der Waals surface area contributed by atoms with Gasteiger partial charge in [0.2, 0.25) is 17.7 Å². The van der Waals surface area contributed by atoms with Gasteiger partial charge < -0.3 is 14.7 Å². The van der Waals surface area contributed by atoms with Crippen molar-refractivity contribution < 1.29 is 14.1 Å². The van der Waals surface area contributed by atoms with Gasteiger partial charge >= 0.3 is 0 Å². The third-order valence-corrected chi connectivity index (χ3v) is 6.65. The molecule has 2 heterocycles. The minimum absolute atomic E-state index is 0.0634. The van der Waals surface area contributed by atoms with Crippen LogP contribution in [0.3, 0.4) is 0 Å². The molecule has 1 atom stereocenters. The zero-order chi connectivity index (χ0) is 23.1. The maximum atomic E-state index is 12.7. The maximum absolute atomic E-state index is 12.7. The summed E-state index contributed by atoms with van der Waals surface area (Å²) in [6, 6.07) is 2.27. The number of aromatic nitrogens is 2. The van der Waals surface area contributed by atoms with Gasteiger partial charge in [0, 0.05) is 45.9 Å². The Balaban J connectivity index is 1.55. The zero-order valence-electron chi connectivity index (χ0n) is 19.6. The first-order chi connectivity index (χ1) is 15.3. The molecule has 1 unspecified atom stereocenters. The Labute approximate surface area is 190 Å². The number of aryl methyl sites for hydroxylation is 1. The summed E-state index contributed by atoms with van der Waals surface area (Å²) in [5.74, 6) is 1.20. The molecule has 2 aliphatic rings. The first-order valence-electron chi connectivity index (χ1n) is 11.9. The number of rotatable bonds is 7. The summed E-state index contributed by atoms with van der Waals surface area (Å²) in [6.07, 6.45) is 6.59. The monoisotopic (exact) mass is 444 g/mol. The highest BCUT2D eigenvalue weighted by Gasteiger charge is 2.38. The lowest BCUT2D eigenvalue weighted by molar-refractivity contribution is -0.133. The fourth-order valence-corrected chi connectivity index (χ4v) is 4.90. The lowest BCUT2D eigenvalue weighted by Crippen LogP contribution is -2.52. The molecule has 1 aromatic rings. The first kappa shape index (κ1) is 24.2. The van der Waals surface area contributed by atoms with E-state index in [9.17, 15) is 14.9 Å². The van der Waals surface area contributed by atoms with Crippen LogP contribution in [0, 0.1) is 17.2 Å². The van der Waals surface area contributed by atoms with Crippen molar-refractivity contribution in [3.63, 3.8) is 0 Å². The third-order valence-electron chi connectivity index (χ3n) is 6.65. The molecule has 1 saturated carbocycles. The van der Waals surface area contributed by atoms with Crippen LogP contribution in [0.15, 0.2) is 4.52 Å². The fraction of sp³-hybridized carbons (Fsp3) is 0.783. The molecule has 2 amide bonds. The Kier molecular flexibility index (Phi) is 8.24. The summed E-state index contributed by atoms with van der Waals surface area (Å²) < 4.78 is 5.47. The molecular weight excluding hydrogens is 408 g/mol. The second-order valence-electron chi connectivity index (χ2n) is 9.42. The minimum Gasteiger partial charge on any atom is -0.343 e. The normalized spacial score (nSPS) is 20.4. The van der Waals surface area contributed by atoms with E-state index in [2.05, 4.69) is 40.3 Å². The number of amides is 2. The Morgan fingerprint density at radius 3 is 2.38 bits per heavy atom. The topological polar surface area (TPSA) is 115 Å². The average Bonchev–Trinajstić information content (AvgIpc) is 3.12. The maximum Gasteiger partial charge on any atom is 0.227 e. The summed E-state index contributed by atoms with van der Waals surface area (Å²) in [7, 11) is 0. The highest BCUT2D eigenvalue weighted by atomic mass is 16.5. The average molecular weight is 445 g/mol. The lowest BCUT2D eigenvalue weighted by atomic mass is 9.89. The van der Waals surface area contributed by atoms with Gasteiger partial charge in [-0.05, 0) is 18.8 Å². The Morgan fingerprint density at radius 1 is 1.16 bits per heavy atom. The van der Waals surface area contributed by atoms with E-state index in [4.69, 9.17) is 4.52 Å². The molecule has 0 radical (unpaired) electrons. The van der Waals surface area contributed by atoms with Crippen LogP contribution in [0.2, 0.25) is 0 Å². The number of nitriles is 1. The van der Waals surface area contributed by atoms with Gasteiger partial charge in [0.1, 0.15) is 11.6 Å². The van der Waals surface area contributed by atoms with Crippen LogP contribution in [0.25, 0.3) is 0 Å². The SMILES string of the molecule is CC(=O)NC1(c2noc(CCC(=O)N3CCN(C(C#N)C(C)C)CC3)n2)CCCCCC1. The van der Waals surface area contributed by atoms with Crippen molar-refractivity contribution in [2.45, 2.75) is 83.7 Å². The molecule has 0 aromatic carbocycles. The highest BCUT2D eigenvalue weighted by Crippen LogP contribution is 2.34. The van der Waals surface area contributed by atoms with Gasteiger partial charge in [-0.3, -0.25) is 14.5 Å². The lowest BCUT2D eigenvalue weighted by Gasteiger charge is -2.38. The number of carbonyl (C=O) groups excluding carboxylic acids is 2. The summed E-state index contributed by atoms with van der Waals surface area (Å²) >= 11 is 0. The van der Waals surface area contributed by atoms with Crippen LogP contribution >= 0.6 is 0 Å². The second kappa shape index (κ2) is 10.9. The van der Waals surface area contributed by atoms with Crippen molar-refractivity contribution in [2.75, 3.05) is 26.2 Å². The number of hydrogen-bond donors (Lipinski definition) is 1. The number of piperazine rings is 1. The van der Waals surface area contributed by atoms with Crippen molar-refractivity contribution in [2.24, 2.45) is 5.92 Å². The van der Waals surface area contributed by atoms with Crippen LogP contribution in [0.1, 0.15) is 77.4 Å². The van der Waals surface area contributed by atoms with Crippen LogP contribution in [-0.4, -0.2) is 64.0 Å². The molecule has 0 spiro atoms. The molecule has 9 heteroatoms. The van der Waals surface area contributed by atoms with E-state index < -0.39 is 5.54 Å². The van der Waals surface area contributed by atoms with Gasteiger partial charge in [-0.2, -0.15) is 10.2 Å². The van der Waals surface area contributed by atoms with Crippen LogP contribution in [0.5, 0.6) is 0 Å². The van der Waals surface area contributed by atoms with E-state index in [0.717, 1.165) is 38.5 Å². The molecule has 1 N–H and O–H groups in total. The van der Waals surface area contributed by atoms with Crippen molar-refractivity contribution in [3.8, 4) is 6.07 Å². The third kappa shape index (κ3) is 5.85.